The summed E-state index contributed by atoms with van der Waals surface area (Å²) in [7, 11) is 0. The molecule has 0 atom stereocenters. The molecule has 0 saturated heterocycles. The number of benzene rings is 1. The highest BCUT2D eigenvalue weighted by Gasteiger charge is 2.09. The van der Waals surface area contributed by atoms with Crippen LogP contribution in [0.2, 0.25) is 0 Å². The molecule has 0 fully saturated rings. The highest BCUT2D eigenvalue weighted by atomic mass is 32.2. The van der Waals surface area contributed by atoms with Crippen LogP contribution in [0.1, 0.15) is 18.2 Å². The SMILES string of the molecule is CCc1nc(SCCOc2ccccc2)[nH]c(=O)c1C#N. The van der Waals surface area contributed by atoms with E-state index >= 15 is 0 Å². The van der Waals surface area contributed by atoms with Gasteiger partial charge in [-0.1, -0.05) is 36.9 Å². The average Bonchev–Trinajstić information content (AvgIpc) is 2.52. The third-order valence-corrected chi connectivity index (χ3v) is 3.59. The van der Waals surface area contributed by atoms with E-state index in [4.69, 9.17) is 10.00 Å². The monoisotopic (exact) mass is 301 g/mol. The van der Waals surface area contributed by atoms with Crippen LogP contribution in [0.15, 0.2) is 40.3 Å². The predicted octanol–water partition coefficient (Wildman–Crippen LogP) is 2.38. The van der Waals surface area contributed by atoms with Crippen molar-refractivity contribution >= 4 is 11.8 Å². The average molecular weight is 301 g/mol. The van der Waals surface area contributed by atoms with Gasteiger partial charge < -0.3 is 9.72 Å². The molecule has 0 radical (unpaired) electrons. The minimum absolute atomic E-state index is 0.0994. The zero-order valence-corrected chi connectivity index (χ0v) is 12.4. The molecule has 0 aliphatic carbocycles. The molecule has 1 N–H and O–H groups in total. The summed E-state index contributed by atoms with van der Waals surface area (Å²) in [4.78, 5) is 18.7. The van der Waals surface area contributed by atoms with Crippen molar-refractivity contribution in [1.29, 1.82) is 5.26 Å². The fourth-order valence-corrected chi connectivity index (χ4v) is 2.45. The van der Waals surface area contributed by atoms with Gasteiger partial charge in [0.1, 0.15) is 17.4 Å². The predicted molar refractivity (Wildman–Crippen MR) is 81.6 cm³/mol. The van der Waals surface area contributed by atoms with Gasteiger partial charge in [-0.15, -0.1) is 0 Å². The second kappa shape index (κ2) is 7.50. The van der Waals surface area contributed by atoms with Crippen molar-refractivity contribution in [3.05, 3.63) is 51.9 Å². The number of hydrogen-bond acceptors (Lipinski definition) is 5. The van der Waals surface area contributed by atoms with Crippen LogP contribution in [0, 0.1) is 11.3 Å². The Morgan fingerprint density at radius 2 is 2.14 bits per heavy atom. The lowest BCUT2D eigenvalue weighted by Crippen LogP contribution is -2.16. The number of rotatable bonds is 6. The van der Waals surface area contributed by atoms with E-state index in [0.717, 1.165) is 5.75 Å². The molecule has 108 valence electrons. The third kappa shape index (κ3) is 4.10. The largest absolute Gasteiger partial charge is 0.493 e. The number of aromatic amines is 1. The summed E-state index contributed by atoms with van der Waals surface area (Å²) in [5.41, 5.74) is 0.256. The molecule has 5 nitrogen and oxygen atoms in total. The van der Waals surface area contributed by atoms with Crippen molar-refractivity contribution in [3.63, 3.8) is 0 Å². The third-order valence-electron chi connectivity index (χ3n) is 2.75. The van der Waals surface area contributed by atoms with Crippen molar-refractivity contribution in [2.24, 2.45) is 0 Å². The first kappa shape index (κ1) is 15.1. The van der Waals surface area contributed by atoms with Gasteiger partial charge in [-0.05, 0) is 18.6 Å². The number of hydrogen-bond donors (Lipinski definition) is 1. The van der Waals surface area contributed by atoms with E-state index in [1.807, 2.05) is 43.3 Å². The number of nitrogens with zero attached hydrogens (tertiary/aromatic N) is 2. The van der Waals surface area contributed by atoms with Crippen molar-refractivity contribution in [3.8, 4) is 11.8 Å². The number of H-pyrrole nitrogens is 1. The van der Waals surface area contributed by atoms with E-state index in [0.29, 0.717) is 29.6 Å². The molecule has 1 aromatic carbocycles. The fraction of sp³-hybridized carbons (Fsp3) is 0.267. The molecule has 0 saturated carbocycles. The van der Waals surface area contributed by atoms with Crippen LogP contribution in [0.4, 0.5) is 0 Å². The standard InChI is InChI=1S/C15H15N3O2S/c1-2-13-12(10-16)14(19)18-15(17-13)21-9-8-20-11-6-4-3-5-7-11/h3-7H,2,8-9H2,1H3,(H,17,18,19). The Kier molecular flexibility index (Phi) is 5.41. The van der Waals surface area contributed by atoms with Crippen molar-refractivity contribution in [2.45, 2.75) is 18.5 Å². The molecule has 0 unspecified atom stereocenters. The van der Waals surface area contributed by atoms with Gasteiger partial charge in [-0.3, -0.25) is 4.79 Å². The van der Waals surface area contributed by atoms with Gasteiger partial charge in [0.15, 0.2) is 5.16 Å². The van der Waals surface area contributed by atoms with Gasteiger partial charge in [0.2, 0.25) is 0 Å². The van der Waals surface area contributed by atoms with Gasteiger partial charge in [0.25, 0.3) is 5.56 Å². The summed E-state index contributed by atoms with van der Waals surface area (Å²) in [6.07, 6.45) is 0.556. The van der Waals surface area contributed by atoms with Crippen LogP contribution >= 0.6 is 11.8 Å². The number of thioether (sulfide) groups is 1. The van der Waals surface area contributed by atoms with E-state index in [1.54, 1.807) is 0 Å². The zero-order valence-electron chi connectivity index (χ0n) is 11.6. The molecule has 1 aromatic heterocycles. The minimum atomic E-state index is -0.379. The van der Waals surface area contributed by atoms with Crippen LogP contribution in [0.3, 0.4) is 0 Å². The smallest absolute Gasteiger partial charge is 0.269 e. The maximum atomic E-state index is 11.7. The summed E-state index contributed by atoms with van der Waals surface area (Å²) in [5.74, 6) is 1.47. The van der Waals surface area contributed by atoms with Gasteiger partial charge >= 0.3 is 0 Å². The van der Waals surface area contributed by atoms with Crippen molar-refractivity contribution < 1.29 is 4.74 Å². The van der Waals surface area contributed by atoms with E-state index in [2.05, 4.69) is 9.97 Å². The maximum Gasteiger partial charge on any atom is 0.269 e. The Morgan fingerprint density at radius 1 is 1.38 bits per heavy atom. The molecule has 2 aromatic rings. The first-order chi connectivity index (χ1) is 10.2. The van der Waals surface area contributed by atoms with Gasteiger partial charge in [0, 0.05) is 5.75 Å². The minimum Gasteiger partial charge on any atom is -0.493 e. The molecule has 1 heterocycles. The number of nitrogens with one attached hydrogen (secondary N) is 1. The van der Waals surface area contributed by atoms with Crippen LogP contribution in [-0.2, 0) is 6.42 Å². The second-order valence-corrected chi connectivity index (χ2v) is 5.25. The van der Waals surface area contributed by atoms with E-state index < -0.39 is 0 Å². The van der Waals surface area contributed by atoms with Crippen LogP contribution in [0.5, 0.6) is 5.75 Å². The lowest BCUT2D eigenvalue weighted by molar-refractivity contribution is 0.344. The van der Waals surface area contributed by atoms with Crippen molar-refractivity contribution in [2.75, 3.05) is 12.4 Å². The normalized spacial score (nSPS) is 10.1. The lowest BCUT2D eigenvalue weighted by atomic mass is 10.2. The number of para-hydroxylation sites is 1. The highest BCUT2D eigenvalue weighted by Crippen LogP contribution is 2.14. The first-order valence-electron chi connectivity index (χ1n) is 6.58. The van der Waals surface area contributed by atoms with Crippen molar-refractivity contribution in [1.82, 2.24) is 9.97 Å². The Morgan fingerprint density at radius 3 is 2.81 bits per heavy atom. The molecule has 21 heavy (non-hydrogen) atoms. The Hall–Kier alpha value is -2.26. The maximum absolute atomic E-state index is 11.7. The summed E-state index contributed by atoms with van der Waals surface area (Å²) >= 11 is 1.40. The lowest BCUT2D eigenvalue weighted by Gasteiger charge is -2.06. The Bertz CT molecular complexity index is 692. The number of aromatic nitrogens is 2. The molecule has 0 aliphatic heterocycles. The molecule has 0 amide bonds. The highest BCUT2D eigenvalue weighted by molar-refractivity contribution is 7.99. The van der Waals surface area contributed by atoms with Crippen LogP contribution < -0.4 is 10.3 Å². The second-order valence-electron chi connectivity index (χ2n) is 4.17. The molecule has 0 aliphatic rings. The molecule has 0 bridgehead atoms. The Labute approximate surface area is 127 Å². The number of aryl methyl sites for hydroxylation is 1. The van der Waals surface area contributed by atoms with Gasteiger partial charge in [-0.25, -0.2) is 4.98 Å². The summed E-state index contributed by atoms with van der Waals surface area (Å²) in [5, 5.41) is 9.45. The first-order valence-corrected chi connectivity index (χ1v) is 7.57. The fourth-order valence-electron chi connectivity index (χ4n) is 1.75. The van der Waals surface area contributed by atoms with Crippen LogP contribution in [-0.4, -0.2) is 22.3 Å². The molecule has 2 rings (SSSR count). The van der Waals surface area contributed by atoms with E-state index in [-0.39, 0.29) is 11.1 Å². The van der Waals surface area contributed by atoms with Gasteiger partial charge in [0.05, 0.1) is 12.3 Å². The van der Waals surface area contributed by atoms with E-state index in [9.17, 15) is 4.79 Å². The number of ether oxygens (including phenoxy) is 1. The Balaban J connectivity index is 1.93. The summed E-state index contributed by atoms with van der Waals surface area (Å²) < 4.78 is 5.57. The number of nitriles is 1. The quantitative estimate of drug-likeness (QED) is 0.503. The topological polar surface area (TPSA) is 78.8 Å². The van der Waals surface area contributed by atoms with Crippen LogP contribution in [0.25, 0.3) is 0 Å². The molecular weight excluding hydrogens is 286 g/mol. The molecule has 6 heteroatoms. The van der Waals surface area contributed by atoms with Gasteiger partial charge in [-0.2, -0.15) is 5.26 Å². The summed E-state index contributed by atoms with van der Waals surface area (Å²) in [6.45, 7) is 2.38. The van der Waals surface area contributed by atoms with E-state index in [1.165, 1.54) is 11.8 Å². The molecule has 0 spiro atoms. The summed E-state index contributed by atoms with van der Waals surface area (Å²) in [6, 6.07) is 11.4. The molecular formula is C15H15N3O2S. The zero-order chi connectivity index (χ0) is 15.1.